The second-order valence-electron chi connectivity index (χ2n) is 3.49. The fourth-order valence-electron chi connectivity index (χ4n) is 1.88. The molecule has 14 heavy (non-hydrogen) atoms. The molecule has 1 N–H and O–H groups in total. The SMILES string of the molecule is OCC1CCCN1c1cccc(F)n1. The molecule has 2 rings (SSSR count). The average Bonchev–Trinajstić information content (AvgIpc) is 2.65. The number of halogens is 1. The van der Waals surface area contributed by atoms with Crippen molar-refractivity contribution >= 4 is 5.82 Å². The monoisotopic (exact) mass is 196 g/mol. The van der Waals surface area contributed by atoms with E-state index >= 15 is 0 Å². The van der Waals surface area contributed by atoms with Gasteiger partial charge in [-0.1, -0.05) is 6.07 Å². The van der Waals surface area contributed by atoms with Gasteiger partial charge in [-0.05, 0) is 25.0 Å². The van der Waals surface area contributed by atoms with Gasteiger partial charge in [0.2, 0.25) is 5.95 Å². The Kier molecular flexibility index (Phi) is 2.63. The third-order valence-corrected chi connectivity index (χ3v) is 2.58. The van der Waals surface area contributed by atoms with Crippen LogP contribution in [0.2, 0.25) is 0 Å². The van der Waals surface area contributed by atoms with Crippen molar-refractivity contribution in [1.29, 1.82) is 0 Å². The topological polar surface area (TPSA) is 36.4 Å². The van der Waals surface area contributed by atoms with Gasteiger partial charge in [0, 0.05) is 6.54 Å². The number of pyridine rings is 1. The third-order valence-electron chi connectivity index (χ3n) is 2.58. The van der Waals surface area contributed by atoms with E-state index in [0.717, 1.165) is 19.4 Å². The van der Waals surface area contributed by atoms with Gasteiger partial charge >= 0.3 is 0 Å². The quantitative estimate of drug-likeness (QED) is 0.721. The van der Waals surface area contributed by atoms with Crippen molar-refractivity contribution in [2.75, 3.05) is 18.1 Å². The summed E-state index contributed by atoms with van der Waals surface area (Å²) < 4.78 is 12.9. The summed E-state index contributed by atoms with van der Waals surface area (Å²) in [5.74, 6) is 0.160. The van der Waals surface area contributed by atoms with Crippen molar-refractivity contribution in [3.63, 3.8) is 0 Å². The predicted molar refractivity (Wildman–Crippen MR) is 51.6 cm³/mol. The molecular formula is C10H13FN2O. The van der Waals surface area contributed by atoms with Crippen LogP contribution in [0, 0.1) is 5.95 Å². The summed E-state index contributed by atoms with van der Waals surface area (Å²) in [6.45, 7) is 0.958. The summed E-state index contributed by atoms with van der Waals surface area (Å²) in [4.78, 5) is 5.76. The molecule has 1 atom stereocenters. The number of aliphatic hydroxyl groups is 1. The molecule has 4 heteroatoms. The van der Waals surface area contributed by atoms with Gasteiger partial charge in [-0.3, -0.25) is 0 Å². The van der Waals surface area contributed by atoms with Crippen LogP contribution in [0.5, 0.6) is 0 Å². The van der Waals surface area contributed by atoms with Crippen LogP contribution >= 0.6 is 0 Å². The molecule has 0 radical (unpaired) electrons. The second-order valence-corrected chi connectivity index (χ2v) is 3.49. The zero-order valence-electron chi connectivity index (χ0n) is 7.86. The normalized spacial score (nSPS) is 21.6. The van der Waals surface area contributed by atoms with Crippen molar-refractivity contribution in [3.8, 4) is 0 Å². The van der Waals surface area contributed by atoms with Crippen LogP contribution < -0.4 is 4.90 Å². The maximum atomic E-state index is 12.9. The number of hydrogen-bond donors (Lipinski definition) is 1. The van der Waals surface area contributed by atoms with E-state index in [2.05, 4.69) is 4.98 Å². The van der Waals surface area contributed by atoms with E-state index < -0.39 is 5.95 Å². The van der Waals surface area contributed by atoms with E-state index in [1.807, 2.05) is 4.90 Å². The molecule has 1 saturated heterocycles. The van der Waals surface area contributed by atoms with E-state index in [0.29, 0.717) is 5.82 Å². The zero-order chi connectivity index (χ0) is 9.97. The van der Waals surface area contributed by atoms with Crippen molar-refractivity contribution < 1.29 is 9.50 Å². The van der Waals surface area contributed by atoms with Gasteiger partial charge < -0.3 is 10.0 Å². The average molecular weight is 196 g/mol. The molecule has 3 nitrogen and oxygen atoms in total. The van der Waals surface area contributed by atoms with Crippen LogP contribution in [0.4, 0.5) is 10.2 Å². The highest BCUT2D eigenvalue weighted by atomic mass is 19.1. The maximum absolute atomic E-state index is 12.9. The molecule has 0 bridgehead atoms. The van der Waals surface area contributed by atoms with E-state index in [1.165, 1.54) is 6.07 Å². The lowest BCUT2D eigenvalue weighted by Crippen LogP contribution is -2.32. The van der Waals surface area contributed by atoms with Gasteiger partial charge in [-0.25, -0.2) is 4.98 Å². The minimum absolute atomic E-state index is 0.101. The lowest BCUT2D eigenvalue weighted by atomic mass is 10.2. The van der Waals surface area contributed by atoms with E-state index in [4.69, 9.17) is 5.11 Å². The van der Waals surface area contributed by atoms with Crippen LogP contribution in [0.15, 0.2) is 18.2 Å². The first-order valence-electron chi connectivity index (χ1n) is 4.81. The molecule has 1 aliphatic rings. The highest BCUT2D eigenvalue weighted by Crippen LogP contribution is 2.23. The Morgan fingerprint density at radius 2 is 2.43 bits per heavy atom. The van der Waals surface area contributed by atoms with Gasteiger partial charge in [-0.2, -0.15) is 4.39 Å². The van der Waals surface area contributed by atoms with E-state index in [-0.39, 0.29) is 12.6 Å². The Balaban J connectivity index is 2.21. The molecule has 0 aliphatic carbocycles. The molecule has 76 valence electrons. The summed E-state index contributed by atoms with van der Waals surface area (Å²) in [7, 11) is 0. The minimum Gasteiger partial charge on any atom is -0.394 e. The molecule has 0 spiro atoms. The van der Waals surface area contributed by atoms with Crippen LogP contribution in [-0.2, 0) is 0 Å². The Hall–Kier alpha value is -1.16. The third kappa shape index (κ3) is 1.70. The molecule has 1 aromatic rings. The highest BCUT2D eigenvalue weighted by Gasteiger charge is 2.24. The largest absolute Gasteiger partial charge is 0.394 e. The van der Waals surface area contributed by atoms with Gasteiger partial charge in [-0.15, -0.1) is 0 Å². The van der Waals surface area contributed by atoms with Crippen molar-refractivity contribution in [1.82, 2.24) is 4.98 Å². The first-order chi connectivity index (χ1) is 6.81. The Morgan fingerprint density at radius 1 is 1.57 bits per heavy atom. The van der Waals surface area contributed by atoms with Crippen molar-refractivity contribution in [2.24, 2.45) is 0 Å². The second kappa shape index (κ2) is 3.92. The van der Waals surface area contributed by atoms with E-state index in [1.54, 1.807) is 12.1 Å². The summed E-state index contributed by atoms with van der Waals surface area (Å²) >= 11 is 0. The molecular weight excluding hydrogens is 183 g/mol. The number of anilines is 1. The lowest BCUT2D eigenvalue weighted by molar-refractivity contribution is 0.266. The number of hydrogen-bond acceptors (Lipinski definition) is 3. The molecule has 0 saturated carbocycles. The molecule has 1 aliphatic heterocycles. The Bertz CT molecular complexity index is 319. The standard InChI is InChI=1S/C10H13FN2O/c11-9-4-1-5-10(12-9)13-6-2-3-8(13)7-14/h1,4-5,8,14H,2-3,6-7H2. The zero-order valence-corrected chi connectivity index (χ0v) is 7.86. The molecule has 0 aromatic carbocycles. The first-order valence-corrected chi connectivity index (χ1v) is 4.81. The van der Waals surface area contributed by atoms with Gasteiger partial charge in [0.1, 0.15) is 5.82 Å². The molecule has 1 fully saturated rings. The maximum Gasteiger partial charge on any atom is 0.214 e. The molecule has 0 amide bonds. The molecule has 1 unspecified atom stereocenters. The fraction of sp³-hybridized carbons (Fsp3) is 0.500. The summed E-state index contributed by atoms with van der Waals surface area (Å²) in [6.07, 6.45) is 1.98. The number of rotatable bonds is 2. The lowest BCUT2D eigenvalue weighted by Gasteiger charge is -2.23. The first kappa shape index (κ1) is 9.40. The van der Waals surface area contributed by atoms with Gasteiger partial charge in [0.25, 0.3) is 0 Å². The number of aromatic nitrogens is 1. The van der Waals surface area contributed by atoms with Crippen LogP contribution in [0.1, 0.15) is 12.8 Å². The van der Waals surface area contributed by atoms with Crippen LogP contribution in [-0.4, -0.2) is 29.3 Å². The van der Waals surface area contributed by atoms with Crippen molar-refractivity contribution in [3.05, 3.63) is 24.1 Å². The molecule has 1 aromatic heterocycles. The van der Waals surface area contributed by atoms with Crippen LogP contribution in [0.25, 0.3) is 0 Å². The van der Waals surface area contributed by atoms with Crippen LogP contribution in [0.3, 0.4) is 0 Å². The minimum atomic E-state index is -0.467. The summed E-state index contributed by atoms with van der Waals surface area (Å²) in [5, 5.41) is 9.10. The fourth-order valence-corrected chi connectivity index (χ4v) is 1.88. The summed E-state index contributed by atoms with van der Waals surface area (Å²) in [6, 6.07) is 4.85. The number of aliphatic hydroxyl groups excluding tert-OH is 1. The Labute approximate surface area is 82.2 Å². The Morgan fingerprint density at radius 3 is 3.14 bits per heavy atom. The predicted octanol–water partition coefficient (Wildman–Crippen LogP) is 1.18. The smallest absolute Gasteiger partial charge is 0.214 e. The highest BCUT2D eigenvalue weighted by molar-refractivity contribution is 5.40. The number of nitrogens with zero attached hydrogens (tertiary/aromatic N) is 2. The summed E-state index contributed by atoms with van der Waals surface area (Å²) in [5.41, 5.74) is 0. The van der Waals surface area contributed by atoms with Gasteiger partial charge in [0.05, 0.1) is 12.6 Å². The molecule has 2 heterocycles. The van der Waals surface area contributed by atoms with E-state index in [9.17, 15) is 4.39 Å². The van der Waals surface area contributed by atoms with Gasteiger partial charge in [0.15, 0.2) is 0 Å². The van der Waals surface area contributed by atoms with Crippen molar-refractivity contribution in [2.45, 2.75) is 18.9 Å².